The SMILES string of the molecule is Cn1cc(N2C(C(=O)O)CCC2C(=O)NCC2=CCCCC2)cn1. The molecule has 2 heterocycles. The molecule has 1 fully saturated rings. The fourth-order valence-corrected chi connectivity index (χ4v) is 3.60. The maximum absolute atomic E-state index is 12.6. The van der Waals surface area contributed by atoms with Crippen LogP contribution in [0.4, 0.5) is 5.69 Å². The zero-order chi connectivity index (χ0) is 17.1. The van der Waals surface area contributed by atoms with Gasteiger partial charge in [0.1, 0.15) is 12.1 Å². The monoisotopic (exact) mass is 332 g/mol. The molecule has 3 rings (SSSR count). The van der Waals surface area contributed by atoms with Crippen molar-refractivity contribution < 1.29 is 14.7 Å². The molecule has 1 aliphatic heterocycles. The molecule has 7 heteroatoms. The molecule has 1 aliphatic carbocycles. The Labute approximate surface area is 141 Å². The Hall–Kier alpha value is -2.31. The van der Waals surface area contributed by atoms with Gasteiger partial charge in [0, 0.05) is 19.8 Å². The van der Waals surface area contributed by atoms with Crippen LogP contribution in [0.3, 0.4) is 0 Å². The zero-order valence-corrected chi connectivity index (χ0v) is 13.9. The lowest BCUT2D eigenvalue weighted by Gasteiger charge is -2.28. The molecule has 1 amide bonds. The number of carbonyl (C=O) groups excluding carboxylic acids is 1. The number of allylic oxidation sites excluding steroid dienone is 1. The third-order valence-corrected chi connectivity index (χ3v) is 4.84. The van der Waals surface area contributed by atoms with E-state index in [1.165, 1.54) is 18.4 Å². The Morgan fingerprint density at radius 1 is 1.33 bits per heavy atom. The van der Waals surface area contributed by atoms with Gasteiger partial charge in [0.05, 0.1) is 11.9 Å². The number of anilines is 1. The van der Waals surface area contributed by atoms with E-state index in [1.54, 1.807) is 29.0 Å². The fraction of sp³-hybridized carbons (Fsp3) is 0.588. The summed E-state index contributed by atoms with van der Waals surface area (Å²) in [7, 11) is 1.78. The van der Waals surface area contributed by atoms with Crippen LogP contribution < -0.4 is 10.2 Å². The molecule has 1 aromatic heterocycles. The van der Waals surface area contributed by atoms with Gasteiger partial charge in [-0.3, -0.25) is 9.48 Å². The Balaban J connectivity index is 1.71. The summed E-state index contributed by atoms with van der Waals surface area (Å²) in [5.41, 5.74) is 1.95. The van der Waals surface area contributed by atoms with Crippen molar-refractivity contribution in [3.63, 3.8) is 0 Å². The first-order valence-corrected chi connectivity index (χ1v) is 8.51. The second-order valence-corrected chi connectivity index (χ2v) is 6.55. The summed E-state index contributed by atoms with van der Waals surface area (Å²) >= 11 is 0. The number of hydrogen-bond donors (Lipinski definition) is 2. The zero-order valence-electron chi connectivity index (χ0n) is 13.9. The van der Waals surface area contributed by atoms with Gasteiger partial charge in [-0.2, -0.15) is 5.10 Å². The van der Waals surface area contributed by atoms with Crippen LogP contribution in [-0.2, 0) is 16.6 Å². The van der Waals surface area contributed by atoms with Gasteiger partial charge in [-0.1, -0.05) is 11.6 Å². The number of nitrogens with one attached hydrogen (secondary N) is 1. The molecule has 7 nitrogen and oxygen atoms in total. The van der Waals surface area contributed by atoms with E-state index in [2.05, 4.69) is 16.5 Å². The summed E-state index contributed by atoms with van der Waals surface area (Å²) < 4.78 is 1.62. The van der Waals surface area contributed by atoms with Crippen molar-refractivity contribution in [3.8, 4) is 0 Å². The van der Waals surface area contributed by atoms with E-state index in [0.29, 0.717) is 25.1 Å². The van der Waals surface area contributed by atoms with Crippen molar-refractivity contribution in [1.82, 2.24) is 15.1 Å². The highest BCUT2D eigenvalue weighted by molar-refractivity contribution is 5.90. The number of aromatic nitrogens is 2. The molecular weight excluding hydrogens is 308 g/mol. The molecule has 0 bridgehead atoms. The van der Waals surface area contributed by atoms with Crippen molar-refractivity contribution in [2.24, 2.45) is 7.05 Å². The normalized spacial score (nSPS) is 23.9. The summed E-state index contributed by atoms with van der Waals surface area (Å²) in [4.78, 5) is 25.9. The highest BCUT2D eigenvalue weighted by atomic mass is 16.4. The molecule has 2 N–H and O–H groups in total. The predicted molar refractivity (Wildman–Crippen MR) is 89.7 cm³/mol. The first-order chi connectivity index (χ1) is 11.6. The van der Waals surface area contributed by atoms with E-state index < -0.39 is 18.1 Å². The molecule has 2 atom stereocenters. The number of aliphatic carboxylic acids is 1. The fourth-order valence-electron chi connectivity index (χ4n) is 3.60. The van der Waals surface area contributed by atoms with Crippen LogP contribution in [0.5, 0.6) is 0 Å². The number of rotatable bonds is 5. The molecule has 1 aromatic rings. The maximum Gasteiger partial charge on any atom is 0.326 e. The van der Waals surface area contributed by atoms with Crippen molar-refractivity contribution in [1.29, 1.82) is 0 Å². The molecule has 0 radical (unpaired) electrons. The number of nitrogens with zero attached hydrogens (tertiary/aromatic N) is 3. The molecule has 2 unspecified atom stereocenters. The summed E-state index contributed by atoms with van der Waals surface area (Å²) in [6, 6.07) is -1.14. The molecule has 0 saturated carbocycles. The number of carbonyl (C=O) groups is 2. The third-order valence-electron chi connectivity index (χ3n) is 4.84. The highest BCUT2D eigenvalue weighted by Crippen LogP contribution is 2.30. The number of amides is 1. The van der Waals surface area contributed by atoms with Crippen LogP contribution in [-0.4, -0.2) is 45.4 Å². The van der Waals surface area contributed by atoms with Crippen LogP contribution >= 0.6 is 0 Å². The second kappa shape index (κ2) is 7.07. The average Bonchev–Trinajstić information content (AvgIpc) is 3.19. The van der Waals surface area contributed by atoms with Crippen LogP contribution in [0.1, 0.15) is 38.5 Å². The molecule has 2 aliphatic rings. The number of hydrogen-bond acceptors (Lipinski definition) is 4. The van der Waals surface area contributed by atoms with Gasteiger partial charge in [-0.05, 0) is 38.5 Å². The highest BCUT2D eigenvalue weighted by Gasteiger charge is 2.42. The topological polar surface area (TPSA) is 87.5 Å². The standard InChI is InChI=1S/C17H24N4O3/c1-20-11-13(10-19-20)21-14(7-8-15(21)17(23)24)16(22)18-9-12-5-3-2-4-6-12/h5,10-11,14-15H,2-4,6-9H2,1H3,(H,18,22)(H,23,24). The van der Waals surface area contributed by atoms with E-state index in [1.807, 2.05) is 0 Å². The van der Waals surface area contributed by atoms with Gasteiger partial charge in [0.15, 0.2) is 0 Å². The molecule has 0 spiro atoms. The van der Waals surface area contributed by atoms with Crippen molar-refractivity contribution in [3.05, 3.63) is 24.0 Å². The molecule has 1 saturated heterocycles. The van der Waals surface area contributed by atoms with Crippen LogP contribution in [0.2, 0.25) is 0 Å². The minimum absolute atomic E-state index is 0.103. The van der Waals surface area contributed by atoms with Gasteiger partial charge in [0.25, 0.3) is 0 Å². The van der Waals surface area contributed by atoms with E-state index in [9.17, 15) is 14.7 Å². The number of aryl methyl sites for hydroxylation is 1. The van der Waals surface area contributed by atoms with Crippen LogP contribution in [0.15, 0.2) is 24.0 Å². The van der Waals surface area contributed by atoms with Crippen LogP contribution in [0, 0.1) is 0 Å². The average molecular weight is 332 g/mol. The first kappa shape index (κ1) is 16.5. The number of carboxylic acids is 1. The van der Waals surface area contributed by atoms with Crippen molar-refractivity contribution >= 4 is 17.6 Å². The molecule has 0 aromatic carbocycles. The smallest absolute Gasteiger partial charge is 0.326 e. The van der Waals surface area contributed by atoms with E-state index >= 15 is 0 Å². The Bertz CT molecular complexity index is 652. The summed E-state index contributed by atoms with van der Waals surface area (Å²) in [6.45, 7) is 0.563. The van der Waals surface area contributed by atoms with Crippen LogP contribution in [0.25, 0.3) is 0 Å². The summed E-state index contributed by atoms with van der Waals surface area (Å²) in [6.07, 6.45) is 11.1. The first-order valence-electron chi connectivity index (χ1n) is 8.51. The van der Waals surface area contributed by atoms with E-state index in [4.69, 9.17) is 0 Å². The largest absolute Gasteiger partial charge is 0.480 e. The quantitative estimate of drug-likeness (QED) is 0.797. The van der Waals surface area contributed by atoms with Gasteiger partial charge >= 0.3 is 5.97 Å². The third kappa shape index (κ3) is 3.44. The van der Waals surface area contributed by atoms with E-state index in [0.717, 1.165) is 12.8 Å². The lowest BCUT2D eigenvalue weighted by atomic mass is 9.99. The van der Waals surface area contributed by atoms with Gasteiger partial charge in [0.2, 0.25) is 5.91 Å². The molecule has 24 heavy (non-hydrogen) atoms. The number of carboxylic acid groups (broad SMARTS) is 1. The molecule has 130 valence electrons. The van der Waals surface area contributed by atoms with Gasteiger partial charge < -0.3 is 15.3 Å². The summed E-state index contributed by atoms with van der Waals surface area (Å²) in [5.74, 6) is -1.00. The van der Waals surface area contributed by atoms with Gasteiger partial charge in [-0.15, -0.1) is 0 Å². The maximum atomic E-state index is 12.6. The van der Waals surface area contributed by atoms with Crippen molar-refractivity contribution in [2.45, 2.75) is 50.6 Å². The summed E-state index contributed by atoms with van der Waals surface area (Å²) in [5, 5.41) is 16.6. The Kier molecular flexibility index (Phi) is 4.87. The minimum atomic E-state index is -0.899. The lowest BCUT2D eigenvalue weighted by molar-refractivity contribution is -0.138. The van der Waals surface area contributed by atoms with Crippen molar-refractivity contribution in [2.75, 3.05) is 11.4 Å². The van der Waals surface area contributed by atoms with Gasteiger partial charge in [-0.25, -0.2) is 4.79 Å². The van der Waals surface area contributed by atoms with E-state index in [-0.39, 0.29) is 5.91 Å². The lowest BCUT2D eigenvalue weighted by Crippen LogP contribution is -2.48. The Morgan fingerprint density at radius 3 is 2.75 bits per heavy atom. The second-order valence-electron chi connectivity index (χ2n) is 6.55. The predicted octanol–water partition coefficient (Wildman–Crippen LogP) is 1.46. The minimum Gasteiger partial charge on any atom is -0.480 e. The Morgan fingerprint density at radius 2 is 2.12 bits per heavy atom. The molecular formula is C17H24N4O3.